The zero-order valence-corrected chi connectivity index (χ0v) is 9.76. The van der Waals surface area contributed by atoms with Gasteiger partial charge in [-0.2, -0.15) is 0 Å². The molecule has 3 rings (SSSR count). The topological polar surface area (TPSA) is 50.9 Å². The predicted molar refractivity (Wildman–Crippen MR) is 66.3 cm³/mol. The molecule has 0 radical (unpaired) electrons. The van der Waals surface area contributed by atoms with Gasteiger partial charge in [-0.05, 0) is 24.3 Å². The van der Waals surface area contributed by atoms with Crippen LogP contribution in [0.5, 0.6) is 0 Å². The van der Waals surface area contributed by atoms with Gasteiger partial charge < -0.3 is 14.8 Å². The average molecular weight is 243 g/mol. The number of carbonyl (C=O) groups is 1. The second-order valence-electron chi connectivity index (χ2n) is 4.25. The van der Waals surface area contributed by atoms with Crippen molar-refractivity contribution in [3.63, 3.8) is 0 Å². The molecule has 1 saturated heterocycles. The van der Waals surface area contributed by atoms with E-state index in [9.17, 15) is 4.79 Å². The number of ether oxygens (including phenoxy) is 2. The second-order valence-corrected chi connectivity index (χ2v) is 4.25. The number of hydrogen-bond acceptors (Lipinski definition) is 4. The van der Waals surface area contributed by atoms with Gasteiger partial charge in [0.15, 0.2) is 5.78 Å². The molecule has 0 bridgehead atoms. The zero-order chi connectivity index (χ0) is 12.5. The van der Waals surface area contributed by atoms with Crippen molar-refractivity contribution in [1.82, 2.24) is 5.32 Å². The summed E-state index contributed by atoms with van der Waals surface area (Å²) in [4.78, 5) is 11.3. The van der Waals surface area contributed by atoms with Crippen molar-refractivity contribution in [2.75, 3.05) is 6.61 Å². The molecule has 2 aliphatic heterocycles. The first kappa shape index (κ1) is 11.0. The van der Waals surface area contributed by atoms with E-state index in [2.05, 4.69) is 11.9 Å². The summed E-state index contributed by atoms with van der Waals surface area (Å²) in [7, 11) is 0. The molecule has 0 amide bonds. The van der Waals surface area contributed by atoms with Crippen LogP contribution in [-0.2, 0) is 14.3 Å². The number of carbonyl (C=O) groups excluding carboxylic acids is 1. The van der Waals surface area contributed by atoms with Gasteiger partial charge in [0.05, 0.1) is 18.4 Å². The monoisotopic (exact) mass is 243 g/mol. The molecule has 0 spiro atoms. The smallest absolute Gasteiger partial charge is 0.181 e. The quantitative estimate of drug-likeness (QED) is 0.760. The van der Waals surface area contributed by atoms with Crippen LogP contribution in [0.15, 0.2) is 60.3 Å². The number of hydrogen-bond donors (Lipinski definition) is 1. The Balaban J connectivity index is 1.87. The van der Waals surface area contributed by atoms with Crippen molar-refractivity contribution >= 4 is 5.78 Å². The number of fused-ring (bicyclic) bond motifs is 1. The maximum absolute atomic E-state index is 11.3. The Morgan fingerprint density at radius 2 is 2.33 bits per heavy atom. The average Bonchev–Trinajstić information content (AvgIpc) is 3.19. The van der Waals surface area contributed by atoms with E-state index in [0.29, 0.717) is 11.5 Å². The van der Waals surface area contributed by atoms with Gasteiger partial charge in [-0.1, -0.05) is 12.7 Å². The lowest BCUT2D eigenvalue weighted by atomic mass is 10.1. The zero-order valence-electron chi connectivity index (χ0n) is 9.76. The molecule has 3 aliphatic rings. The lowest BCUT2D eigenvalue weighted by Crippen LogP contribution is -2.35. The summed E-state index contributed by atoms with van der Waals surface area (Å²) in [6.45, 7) is 4.51. The van der Waals surface area contributed by atoms with Crippen LogP contribution < -0.4 is 5.32 Å². The Morgan fingerprint density at radius 1 is 1.50 bits per heavy atom. The number of epoxide rings is 1. The number of allylic oxidation sites excluding steroid dienone is 4. The highest BCUT2D eigenvalue weighted by Gasteiger charge is 2.26. The Labute approximate surface area is 105 Å². The Hall–Kier alpha value is -2.07. The van der Waals surface area contributed by atoms with Crippen LogP contribution in [0.3, 0.4) is 0 Å². The van der Waals surface area contributed by atoms with E-state index in [1.165, 1.54) is 12.2 Å². The van der Waals surface area contributed by atoms with Crippen LogP contribution in [0.2, 0.25) is 0 Å². The number of nitrogens with one attached hydrogen (secondary N) is 1. The molecule has 0 aromatic heterocycles. The summed E-state index contributed by atoms with van der Waals surface area (Å²) >= 11 is 0. The largest absolute Gasteiger partial charge is 0.457 e. The molecule has 18 heavy (non-hydrogen) atoms. The maximum Gasteiger partial charge on any atom is 0.181 e. The van der Waals surface area contributed by atoms with Crippen LogP contribution in [-0.4, -0.2) is 24.5 Å². The van der Waals surface area contributed by atoms with Crippen molar-refractivity contribution in [2.45, 2.75) is 12.1 Å². The summed E-state index contributed by atoms with van der Waals surface area (Å²) in [5.74, 6) is 1.22. The standard InChI is InChI=1S/C14H13NO3/c1-2-11-13(6-4-10-8-17-10)18-14-7-9(16)3-5-12(14)15-11/h2-7,10,12,15H,1,8H2/b6-4+. The minimum Gasteiger partial charge on any atom is -0.457 e. The molecule has 1 fully saturated rings. The van der Waals surface area contributed by atoms with E-state index in [1.54, 1.807) is 12.2 Å². The molecule has 2 heterocycles. The minimum absolute atomic E-state index is 0.0565. The second kappa shape index (κ2) is 4.31. The molecule has 1 N–H and O–H groups in total. The van der Waals surface area contributed by atoms with E-state index in [0.717, 1.165) is 12.3 Å². The van der Waals surface area contributed by atoms with Crippen LogP contribution in [0, 0.1) is 0 Å². The molecular formula is C14H13NO3. The first-order valence-electron chi connectivity index (χ1n) is 5.81. The van der Waals surface area contributed by atoms with Crippen LogP contribution in [0.1, 0.15) is 0 Å². The lowest BCUT2D eigenvalue weighted by molar-refractivity contribution is -0.110. The van der Waals surface area contributed by atoms with Gasteiger partial charge in [-0.3, -0.25) is 4.79 Å². The van der Waals surface area contributed by atoms with Gasteiger partial charge in [0.2, 0.25) is 0 Å². The van der Waals surface area contributed by atoms with E-state index in [1.807, 2.05) is 12.2 Å². The molecule has 2 unspecified atom stereocenters. The van der Waals surface area contributed by atoms with Gasteiger partial charge in [-0.15, -0.1) is 0 Å². The molecule has 0 aromatic rings. The van der Waals surface area contributed by atoms with Crippen molar-refractivity contribution in [1.29, 1.82) is 0 Å². The Bertz CT molecular complexity index is 521. The van der Waals surface area contributed by atoms with E-state index in [-0.39, 0.29) is 17.9 Å². The van der Waals surface area contributed by atoms with Crippen LogP contribution >= 0.6 is 0 Å². The summed E-state index contributed by atoms with van der Waals surface area (Å²) in [6, 6.07) is -0.0926. The highest BCUT2D eigenvalue weighted by atomic mass is 16.6. The summed E-state index contributed by atoms with van der Waals surface area (Å²) in [6.07, 6.45) is 10.5. The fraction of sp³-hybridized carbons (Fsp3) is 0.214. The summed E-state index contributed by atoms with van der Waals surface area (Å²) in [5.41, 5.74) is 0.813. The molecule has 4 heteroatoms. The van der Waals surface area contributed by atoms with Crippen molar-refractivity contribution in [2.24, 2.45) is 0 Å². The first-order valence-corrected chi connectivity index (χ1v) is 5.81. The molecule has 92 valence electrons. The van der Waals surface area contributed by atoms with Crippen molar-refractivity contribution < 1.29 is 14.3 Å². The van der Waals surface area contributed by atoms with Crippen molar-refractivity contribution in [3.05, 3.63) is 60.3 Å². The lowest BCUT2D eigenvalue weighted by Gasteiger charge is -2.29. The number of rotatable bonds is 3. The summed E-state index contributed by atoms with van der Waals surface area (Å²) < 4.78 is 10.8. The van der Waals surface area contributed by atoms with Gasteiger partial charge in [0, 0.05) is 6.08 Å². The van der Waals surface area contributed by atoms with Gasteiger partial charge >= 0.3 is 0 Å². The molecule has 1 aliphatic carbocycles. The van der Waals surface area contributed by atoms with Crippen molar-refractivity contribution in [3.8, 4) is 0 Å². The third kappa shape index (κ3) is 2.15. The highest BCUT2D eigenvalue weighted by molar-refractivity contribution is 6.00. The van der Waals surface area contributed by atoms with Crippen LogP contribution in [0.25, 0.3) is 0 Å². The molecule has 4 nitrogen and oxygen atoms in total. The van der Waals surface area contributed by atoms with Gasteiger partial charge in [0.25, 0.3) is 0 Å². The van der Waals surface area contributed by atoms with Gasteiger partial charge in [-0.25, -0.2) is 0 Å². The maximum atomic E-state index is 11.3. The molecule has 2 atom stereocenters. The highest BCUT2D eigenvalue weighted by Crippen LogP contribution is 2.25. The third-order valence-corrected chi connectivity index (χ3v) is 2.87. The van der Waals surface area contributed by atoms with E-state index >= 15 is 0 Å². The minimum atomic E-state index is -0.0926. The first-order chi connectivity index (χ1) is 8.76. The number of ketones is 1. The van der Waals surface area contributed by atoms with E-state index < -0.39 is 0 Å². The normalized spacial score (nSPS) is 29.6. The fourth-order valence-corrected chi connectivity index (χ4v) is 1.84. The third-order valence-electron chi connectivity index (χ3n) is 2.87. The van der Waals surface area contributed by atoms with Gasteiger partial charge in [0.1, 0.15) is 17.6 Å². The molecule has 0 saturated carbocycles. The SMILES string of the molecule is C=CC1=C(/C=C/C2CO2)OC2=CC(=O)C=CC2N1. The summed E-state index contributed by atoms with van der Waals surface area (Å²) in [5, 5.41) is 3.26. The fourth-order valence-electron chi connectivity index (χ4n) is 1.84. The van der Waals surface area contributed by atoms with E-state index in [4.69, 9.17) is 9.47 Å². The molecule has 0 aromatic carbocycles. The molecular weight excluding hydrogens is 230 g/mol. The Kier molecular flexibility index (Phi) is 2.64. The predicted octanol–water partition coefficient (Wildman–Crippen LogP) is 1.35. The van der Waals surface area contributed by atoms with Crippen LogP contribution in [0.4, 0.5) is 0 Å². The Morgan fingerprint density at radius 3 is 3.06 bits per heavy atom.